The third-order valence-corrected chi connectivity index (χ3v) is 5.33. The first kappa shape index (κ1) is 20.9. The van der Waals surface area contributed by atoms with Crippen LogP contribution >= 0.6 is 0 Å². The zero-order valence-electron chi connectivity index (χ0n) is 17.0. The molecule has 1 heterocycles. The van der Waals surface area contributed by atoms with E-state index in [-0.39, 0.29) is 25.3 Å². The van der Waals surface area contributed by atoms with Crippen molar-refractivity contribution in [1.29, 1.82) is 0 Å². The number of aliphatic hydroxyl groups excluding tert-OH is 1. The second-order valence-electron chi connectivity index (χ2n) is 7.68. The number of hydrogen-bond donors (Lipinski definition) is 2. The Morgan fingerprint density at radius 2 is 1.77 bits per heavy atom. The molecule has 0 radical (unpaired) electrons. The van der Waals surface area contributed by atoms with Crippen LogP contribution in [0.5, 0.6) is 11.5 Å². The van der Waals surface area contributed by atoms with Crippen molar-refractivity contribution in [3.8, 4) is 11.5 Å². The molecule has 0 spiro atoms. The van der Waals surface area contributed by atoms with Crippen LogP contribution in [0, 0.1) is 0 Å². The number of aliphatic carboxylic acids is 1. The zero-order valence-corrected chi connectivity index (χ0v) is 17.0. The number of aryl methyl sites for hydroxylation is 1. The average molecular weight is 424 g/mol. The van der Waals surface area contributed by atoms with E-state index in [4.69, 9.17) is 19.0 Å². The van der Waals surface area contributed by atoms with Crippen LogP contribution in [0.1, 0.15) is 29.5 Å². The number of ether oxygens (including phenoxy) is 2. The molecule has 0 fully saturated rings. The minimum atomic E-state index is -0.918. The van der Waals surface area contributed by atoms with E-state index in [0.29, 0.717) is 29.1 Å². The summed E-state index contributed by atoms with van der Waals surface area (Å²) in [4.78, 5) is 23.1. The second-order valence-corrected chi connectivity index (χ2v) is 7.68. The molecule has 1 atom stereocenters. The van der Waals surface area contributed by atoms with Crippen molar-refractivity contribution in [3.63, 3.8) is 0 Å². The molecule has 0 amide bonds. The molecule has 1 aliphatic carbocycles. The molecule has 0 saturated heterocycles. The maximum absolute atomic E-state index is 12.3. The fourth-order valence-corrected chi connectivity index (χ4v) is 3.93. The Hall–Kier alpha value is -3.32. The summed E-state index contributed by atoms with van der Waals surface area (Å²) in [5, 5.41) is 20.0. The summed E-state index contributed by atoms with van der Waals surface area (Å²) in [6.45, 7) is -0.00366. The standard InChI is InChI=1S/C24H24O7/c25-16(13-29-17-6-3-5-15(11-17)12-22(26)27)14-30-20-9-4-10-21-23(20)18-7-1-2-8-19(18)24(28)31-21/h3-6,9-11,16,25H,1-2,7-8,12-14H2,(H,26,27). The fraction of sp³-hybridized carbons (Fsp3) is 0.333. The molecule has 7 heteroatoms. The summed E-state index contributed by atoms with van der Waals surface area (Å²) in [7, 11) is 0. The predicted octanol–water partition coefficient (Wildman–Crippen LogP) is 3.12. The number of rotatable bonds is 8. The van der Waals surface area contributed by atoms with Crippen LogP contribution in [0.2, 0.25) is 0 Å². The first-order chi connectivity index (χ1) is 15.0. The fourth-order valence-electron chi connectivity index (χ4n) is 3.93. The lowest BCUT2D eigenvalue weighted by Gasteiger charge is -2.19. The summed E-state index contributed by atoms with van der Waals surface area (Å²) >= 11 is 0. The molecule has 4 rings (SSSR count). The third kappa shape index (κ3) is 4.88. The van der Waals surface area contributed by atoms with E-state index in [1.54, 1.807) is 42.5 Å². The van der Waals surface area contributed by atoms with Crippen molar-refractivity contribution >= 4 is 16.9 Å². The number of aliphatic hydroxyl groups is 1. The van der Waals surface area contributed by atoms with E-state index in [1.807, 2.05) is 0 Å². The van der Waals surface area contributed by atoms with Gasteiger partial charge in [0.25, 0.3) is 0 Å². The average Bonchev–Trinajstić information content (AvgIpc) is 2.76. The number of fused-ring (bicyclic) bond motifs is 3. The molecule has 2 aromatic carbocycles. The van der Waals surface area contributed by atoms with E-state index >= 15 is 0 Å². The Morgan fingerprint density at radius 1 is 1.03 bits per heavy atom. The van der Waals surface area contributed by atoms with Gasteiger partial charge in [-0.15, -0.1) is 0 Å². The van der Waals surface area contributed by atoms with Crippen molar-refractivity contribution in [2.24, 2.45) is 0 Å². The molecule has 0 saturated carbocycles. The normalized spacial score (nSPS) is 14.1. The van der Waals surface area contributed by atoms with Gasteiger partial charge in [-0.2, -0.15) is 0 Å². The Morgan fingerprint density at radius 3 is 2.58 bits per heavy atom. The van der Waals surface area contributed by atoms with E-state index in [0.717, 1.165) is 35.8 Å². The van der Waals surface area contributed by atoms with Gasteiger partial charge in [0.2, 0.25) is 0 Å². The van der Waals surface area contributed by atoms with Crippen LogP contribution in [0.15, 0.2) is 51.7 Å². The van der Waals surface area contributed by atoms with Crippen molar-refractivity contribution in [2.45, 2.75) is 38.2 Å². The highest BCUT2D eigenvalue weighted by Gasteiger charge is 2.21. The van der Waals surface area contributed by atoms with Crippen LogP contribution in [0.4, 0.5) is 0 Å². The largest absolute Gasteiger partial charge is 0.491 e. The van der Waals surface area contributed by atoms with Gasteiger partial charge in [-0.25, -0.2) is 4.79 Å². The summed E-state index contributed by atoms with van der Waals surface area (Å²) in [5.41, 5.74) is 2.54. The first-order valence-electron chi connectivity index (χ1n) is 10.3. The number of benzene rings is 2. The molecule has 3 aromatic rings. The number of hydrogen-bond acceptors (Lipinski definition) is 6. The van der Waals surface area contributed by atoms with Crippen molar-refractivity contribution < 1.29 is 28.9 Å². The monoisotopic (exact) mass is 424 g/mol. The van der Waals surface area contributed by atoms with Gasteiger partial charge < -0.3 is 24.1 Å². The van der Waals surface area contributed by atoms with E-state index in [9.17, 15) is 14.7 Å². The van der Waals surface area contributed by atoms with Gasteiger partial charge in [-0.1, -0.05) is 18.2 Å². The molecule has 7 nitrogen and oxygen atoms in total. The number of carboxylic acid groups (broad SMARTS) is 1. The smallest absolute Gasteiger partial charge is 0.339 e. The third-order valence-electron chi connectivity index (χ3n) is 5.33. The molecular weight excluding hydrogens is 400 g/mol. The molecule has 1 aromatic heterocycles. The van der Waals surface area contributed by atoms with Crippen molar-refractivity contribution in [2.75, 3.05) is 13.2 Å². The molecule has 2 N–H and O–H groups in total. The topological polar surface area (TPSA) is 106 Å². The summed E-state index contributed by atoms with van der Waals surface area (Å²) in [6, 6.07) is 12.1. The highest BCUT2D eigenvalue weighted by atomic mass is 16.5. The zero-order chi connectivity index (χ0) is 21.8. The maximum atomic E-state index is 12.3. The number of carbonyl (C=O) groups is 1. The SMILES string of the molecule is O=C(O)Cc1cccc(OCC(O)COc2cccc3oc(=O)c4c(c23)CCCC4)c1. The Bertz CT molecular complexity index is 1150. The minimum absolute atomic E-state index is 0.00182. The molecular formula is C24H24O7. The molecule has 162 valence electrons. The Balaban J connectivity index is 1.43. The van der Waals surface area contributed by atoms with Crippen LogP contribution in [0.3, 0.4) is 0 Å². The highest BCUT2D eigenvalue weighted by molar-refractivity contribution is 5.87. The van der Waals surface area contributed by atoms with Crippen molar-refractivity contribution in [1.82, 2.24) is 0 Å². The second kappa shape index (κ2) is 9.22. The highest BCUT2D eigenvalue weighted by Crippen LogP contribution is 2.33. The lowest BCUT2D eigenvalue weighted by atomic mass is 9.90. The molecule has 1 unspecified atom stereocenters. The van der Waals surface area contributed by atoms with E-state index < -0.39 is 12.1 Å². The lowest BCUT2D eigenvalue weighted by Crippen LogP contribution is -2.25. The van der Waals surface area contributed by atoms with Crippen LogP contribution < -0.4 is 15.1 Å². The van der Waals surface area contributed by atoms with Gasteiger partial charge in [0.05, 0.1) is 11.8 Å². The van der Waals surface area contributed by atoms with Gasteiger partial charge in [-0.3, -0.25) is 4.79 Å². The van der Waals surface area contributed by atoms with Crippen LogP contribution in [-0.2, 0) is 24.1 Å². The van der Waals surface area contributed by atoms with Crippen LogP contribution in [-0.4, -0.2) is 35.5 Å². The summed E-state index contributed by atoms with van der Waals surface area (Å²) < 4.78 is 17.0. The lowest BCUT2D eigenvalue weighted by molar-refractivity contribution is -0.136. The van der Waals surface area contributed by atoms with E-state index in [2.05, 4.69) is 0 Å². The Kier molecular flexibility index (Phi) is 6.23. The molecule has 31 heavy (non-hydrogen) atoms. The van der Waals surface area contributed by atoms with Crippen molar-refractivity contribution in [3.05, 3.63) is 69.6 Å². The van der Waals surface area contributed by atoms with Gasteiger partial charge >= 0.3 is 11.6 Å². The quantitative estimate of drug-likeness (QED) is 0.535. The summed E-state index contributed by atoms with van der Waals surface area (Å²) in [5.74, 6) is 0.138. The maximum Gasteiger partial charge on any atom is 0.339 e. The van der Waals surface area contributed by atoms with Crippen LogP contribution in [0.25, 0.3) is 11.0 Å². The summed E-state index contributed by atoms with van der Waals surface area (Å²) in [6.07, 6.45) is 2.50. The predicted molar refractivity (Wildman–Crippen MR) is 114 cm³/mol. The molecule has 0 aliphatic heterocycles. The first-order valence-corrected chi connectivity index (χ1v) is 10.3. The Labute approximate surface area is 178 Å². The van der Waals surface area contributed by atoms with Gasteiger partial charge in [0.1, 0.15) is 36.4 Å². The van der Waals surface area contributed by atoms with Gasteiger partial charge in [-0.05, 0) is 61.1 Å². The van der Waals surface area contributed by atoms with Gasteiger partial charge in [0.15, 0.2) is 0 Å². The van der Waals surface area contributed by atoms with E-state index in [1.165, 1.54) is 0 Å². The molecule has 0 bridgehead atoms. The number of carboxylic acids is 1. The minimum Gasteiger partial charge on any atom is -0.491 e. The molecule has 1 aliphatic rings. The van der Waals surface area contributed by atoms with Gasteiger partial charge in [0, 0.05) is 5.56 Å².